The molecule has 2 aromatic rings. The van der Waals surface area contributed by atoms with E-state index in [4.69, 9.17) is 16.3 Å². The second-order valence-electron chi connectivity index (χ2n) is 3.88. The van der Waals surface area contributed by atoms with Gasteiger partial charge in [-0.1, -0.05) is 25.1 Å². The normalized spacial score (nSPS) is 12.4. The molecule has 1 aromatic carbocycles. The first-order chi connectivity index (χ1) is 8.29. The van der Waals surface area contributed by atoms with Crippen LogP contribution in [0.2, 0.25) is 0 Å². The summed E-state index contributed by atoms with van der Waals surface area (Å²) in [6, 6.07) is 10.2. The molecule has 0 saturated carbocycles. The van der Waals surface area contributed by atoms with Crippen molar-refractivity contribution in [3.63, 3.8) is 0 Å². The van der Waals surface area contributed by atoms with Crippen molar-refractivity contribution < 1.29 is 4.74 Å². The Balaban J connectivity index is 2.01. The Bertz CT molecular complexity index is 458. The lowest BCUT2D eigenvalue weighted by Gasteiger charge is -2.06. The van der Waals surface area contributed by atoms with Gasteiger partial charge in [-0.15, -0.1) is 16.7 Å². The Morgan fingerprint density at radius 1 is 1.35 bits per heavy atom. The summed E-state index contributed by atoms with van der Waals surface area (Å²) < 4.78 is 7.11. The minimum Gasteiger partial charge on any atom is -0.462 e. The number of benzene rings is 1. The lowest BCUT2D eigenvalue weighted by atomic mass is 10.2. The minimum absolute atomic E-state index is 0.292. The summed E-state index contributed by atoms with van der Waals surface area (Å²) >= 11 is 5.69. The highest BCUT2D eigenvalue weighted by molar-refractivity contribution is 6.18. The van der Waals surface area contributed by atoms with Crippen LogP contribution in [0.3, 0.4) is 0 Å². The second-order valence-corrected chi connectivity index (χ2v) is 4.19. The Kier molecular flexibility index (Phi) is 3.98. The molecule has 0 aliphatic rings. The van der Waals surface area contributed by atoms with E-state index >= 15 is 0 Å². The van der Waals surface area contributed by atoms with E-state index in [-0.39, 0.29) is 0 Å². The first-order valence-corrected chi connectivity index (χ1v) is 5.99. The van der Waals surface area contributed by atoms with E-state index in [0.29, 0.717) is 24.4 Å². The topological polar surface area (TPSA) is 39.9 Å². The fourth-order valence-electron chi connectivity index (χ4n) is 1.28. The van der Waals surface area contributed by atoms with E-state index < -0.39 is 0 Å². The van der Waals surface area contributed by atoms with E-state index in [1.54, 1.807) is 11.0 Å². The van der Waals surface area contributed by atoms with E-state index in [9.17, 15) is 0 Å². The molecule has 4 nitrogen and oxygen atoms in total. The van der Waals surface area contributed by atoms with Crippen LogP contribution in [-0.2, 0) is 0 Å². The van der Waals surface area contributed by atoms with Gasteiger partial charge in [0.25, 0.3) is 0 Å². The third-order valence-corrected chi connectivity index (χ3v) is 2.78. The largest absolute Gasteiger partial charge is 0.462 e. The second kappa shape index (κ2) is 5.68. The van der Waals surface area contributed by atoms with Crippen LogP contribution in [0.5, 0.6) is 6.01 Å². The van der Waals surface area contributed by atoms with Crippen LogP contribution in [0.1, 0.15) is 6.92 Å². The molecule has 1 aromatic heterocycles. The van der Waals surface area contributed by atoms with Gasteiger partial charge in [-0.25, -0.2) is 4.68 Å². The zero-order valence-corrected chi connectivity index (χ0v) is 10.3. The Labute approximate surface area is 105 Å². The van der Waals surface area contributed by atoms with Crippen molar-refractivity contribution in [2.45, 2.75) is 6.92 Å². The number of nitrogens with zero attached hydrogens (tertiary/aromatic N) is 3. The average Bonchev–Trinajstić information content (AvgIpc) is 2.86. The number of para-hydroxylation sites is 1. The zero-order chi connectivity index (χ0) is 12.1. The summed E-state index contributed by atoms with van der Waals surface area (Å²) in [5.74, 6) is 0.861. The Hall–Kier alpha value is -1.55. The maximum absolute atomic E-state index is 5.69. The number of hydrogen-bond acceptors (Lipinski definition) is 3. The molecule has 0 bridgehead atoms. The molecule has 0 fully saturated rings. The van der Waals surface area contributed by atoms with Crippen molar-refractivity contribution in [2.24, 2.45) is 5.92 Å². The molecular formula is C12H14ClN3O. The summed E-state index contributed by atoms with van der Waals surface area (Å²) in [6.07, 6.45) is 1.63. The number of alkyl halides is 1. The van der Waals surface area contributed by atoms with Gasteiger partial charge in [0, 0.05) is 11.8 Å². The quantitative estimate of drug-likeness (QED) is 0.767. The van der Waals surface area contributed by atoms with E-state index in [1.165, 1.54) is 0 Å². The molecule has 17 heavy (non-hydrogen) atoms. The Morgan fingerprint density at radius 2 is 2.12 bits per heavy atom. The zero-order valence-electron chi connectivity index (χ0n) is 9.58. The molecule has 1 heterocycles. The molecule has 0 aliphatic carbocycles. The highest BCUT2D eigenvalue weighted by Crippen LogP contribution is 2.09. The molecule has 90 valence electrons. The first kappa shape index (κ1) is 11.9. The summed E-state index contributed by atoms with van der Waals surface area (Å²) in [7, 11) is 0. The van der Waals surface area contributed by atoms with Gasteiger partial charge in [0.2, 0.25) is 0 Å². The van der Waals surface area contributed by atoms with Crippen molar-refractivity contribution in [1.29, 1.82) is 0 Å². The summed E-state index contributed by atoms with van der Waals surface area (Å²) in [5, 5.41) is 4.23. The van der Waals surface area contributed by atoms with Crippen molar-refractivity contribution in [2.75, 3.05) is 12.5 Å². The highest BCUT2D eigenvalue weighted by atomic mass is 35.5. The third kappa shape index (κ3) is 3.20. The van der Waals surface area contributed by atoms with Crippen molar-refractivity contribution in [3.8, 4) is 11.7 Å². The van der Waals surface area contributed by atoms with Gasteiger partial charge in [-0.05, 0) is 12.1 Å². The molecular weight excluding hydrogens is 238 g/mol. The smallest absolute Gasteiger partial charge is 0.335 e. The van der Waals surface area contributed by atoms with Crippen molar-refractivity contribution in [3.05, 3.63) is 36.7 Å². The highest BCUT2D eigenvalue weighted by Gasteiger charge is 2.06. The van der Waals surface area contributed by atoms with Crippen molar-refractivity contribution in [1.82, 2.24) is 14.8 Å². The monoisotopic (exact) mass is 251 g/mol. The SMILES string of the molecule is CC(CCl)COc1ncn(-c2ccccc2)n1. The minimum atomic E-state index is 0.292. The van der Waals surface area contributed by atoms with Gasteiger partial charge in [0.1, 0.15) is 6.33 Å². The van der Waals surface area contributed by atoms with Crippen LogP contribution >= 0.6 is 11.6 Å². The molecule has 5 heteroatoms. The lowest BCUT2D eigenvalue weighted by Crippen LogP contribution is -2.10. The standard InChI is InChI=1S/C12H14ClN3O/c1-10(7-13)8-17-12-14-9-16(15-12)11-5-3-2-4-6-11/h2-6,9-10H,7-8H2,1H3. The number of hydrogen-bond donors (Lipinski definition) is 0. The predicted octanol–water partition coefficient (Wildman–Crippen LogP) is 2.52. The number of rotatable bonds is 5. The van der Waals surface area contributed by atoms with Gasteiger partial charge in [-0.2, -0.15) is 4.98 Å². The van der Waals surface area contributed by atoms with Crippen LogP contribution in [0.15, 0.2) is 36.7 Å². The van der Waals surface area contributed by atoms with Crippen LogP contribution in [-0.4, -0.2) is 27.3 Å². The lowest BCUT2D eigenvalue weighted by molar-refractivity contribution is 0.252. The average molecular weight is 252 g/mol. The van der Waals surface area contributed by atoms with Crippen LogP contribution in [0.25, 0.3) is 5.69 Å². The number of aromatic nitrogens is 3. The predicted molar refractivity (Wildman–Crippen MR) is 66.7 cm³/mol. The molecule has 1 unspecified atom stereocenters. The molecule has 0 amide bonds. The van der Waals surface area contributed by atoms with Gasteiger partial charge < -0.3 is 4.74 Å². The summed E-state index contributed by atoms with van der Waals surface area (Å²) in [6.45, 7) is 2.55. The summed E-state index contributed by atoms with van der Waals surface area (Å²) in [4.78, 5) is 4.09. The van der Waals surface area contributed by atoms with Gasteiger partial charge in [0.05, 0.1) is 12.3 Å². The molecule has 0 radical (unpaired) electrons. The summed E-state index contributed by atoms with van der Waals surface area (Å²) in [5.41, 5.74) is 0.959. The first-order valence-electron chi connectivity index (χ1n) is 5.45. The maximum atomic E-state index is 5.69. The fourth-order valence-corrected chi connectivity index (χ4v) is 1.37. The van der Waals surface area contributed by atoms with E-state index in [1.807, 2.05) is 37.3 Å². The van der Waals surface area contributed by atoms with Crippen LogP contribution < -0.4 is 4.74 Å². The van der Waals surface area contributed by atoms with Gasteiger partial charge in [0.15, 0.2) is 0 Å². The van der Waals surface area contributed by atoms with E-state index in [0.717, 1.165) is 5.69 Å². The number of halogens is 1. The maximum Gasteiger partial charge on any atom is 0.335 e. The third-order valence-electron chi connectivity index (χ3n) is 2.25. The van der Waals surface area contributed by atoms with Gasteiger partial charge >= 0.3 is 6.01 Å². The van der Waals surface area contributed by atoms with Crippen LogP contribution in [0, 0.1) is 5.92 Å². The van der Waals surface area contributed by atoms with E-state index in [2.05, 4.69) is 10.1 Å². The van der Waals surface area contributed by atoms with Crippen molar-refractivity contribution >= 4 is 11.6 Å². The number of ether oxygens (including phenoxy) is 1. The molecule has 0 aliphatic heterocycles. The molecule has 2 rings (SSSR count). The van der Waals surface area contributed by atoms with Gasteiger partial charge in [-0.3, -0.25) is 0 Å². The Morgan fingerprint density at radius 3 is 2.82 bits per heavy atom. The molecule has 0 saturated heterocycles. The van der Waals surface area contributed by atoms with Crippen LogP contribution in [0.4, 0.5) is 0 Å². The molecule has 0 N–H and O–H groups in total. The molecule has 1 atom stereocenters. The fraction of sp³-hybridized carbons (Fsp3) is 0.333. The molecule has 0 spiro atoms.